The van der Waals surface area contributed by atoms with Crippen molar-refractivity contribution in [2.75, 3.05) is 7.11 Å². The van der Waals surface area contributed by atoms with Crippen LogP contribution in [-0.2, 0) is 0 Å². The van der Waals surface area contributed by atoms with Gasteiger partial charge in [-0.25, -0.2) is 9.97 Å². The summed E-state index contributed by atoms with van der Waals surface area (Å²) in [6.07, 6.45) is 8.18. The summed E-state index contributed by atoms with van der Waals surface area (Å²) in [5.41, 5.74) is 7.98. The number of fused-ring (bicyclic) bond motifs is 8. The first-order valence-electron chi connectivity index (χ1n) is 10.4. The highest BCUT2D eigenvalue weighted by Crippen LogP contribution is 2.35. The van der Waals surface area contributed by atoms with Crippen molar-refractivity contribution >= 4 is 56.1 Å². The molecule has 0 saturated carbocycles. The van der Waals surface area contributed by atoms with E-state index in [1.165, 1.54) is 9.40 Å². The lowest BCUT2D eigenvalue weighted by molar-refractivity contribution is 0.415. The number of nitrogens with one attached hydrogen (secondary N) is 1. The molecule has 0 fully saturated rings. The van der Waals surface area contributed by atoms with Gasteiger partial charge < -0.3 is 9.72 Å². The van der Waals surface area contributed by atoms with Crippen LogP contribution >= 0.6 is 11.3 Å². The number of aromatic amines is 1. The molecule has 5 heterocycles. The number of aromatic nitrogens is 3. The molecule has 0 saturated heterocycles. The summed E-state index contributed by atoms with van der Waals surface area (Å²) < 4.78 is 7.71. The zero-order chi connectivity index (χ0) is 21.5. The minimum Gasteiger partial charge on any atom is -0.497 e. The molecular formula is C27H19N3OS. The fourth-order valence-corrected chi connectivity index (χ4v) is 4.99. The fraction of sp³-hybridized carbons (Fsp3) is 0.0370. The Labute approximate surface area is 189 Å². The van der Waals surface area contributed by atoms with E-state index < -0.39 is 0 Å². The molecule has 3 aromatic heterocycles. The highest BCUT2D eigenvalue weighted by Gasteiger charge is 2.11. The number of hydrogen-bond acceptors (Lipinski definition) is 4. The van der Waals surface area contributed by atoms with Crippen LogP contribution in [0.2, 0.25) is 0 Å². The van der Waals surface area contributed by atoms with Gasteiger partial charge >= 0.3 is 0 Å². The van der Waals surface area contributed by atoms with Gasteiger partial charge in [0, 0.05) is 26.0 Å². The Morgan fingerprint density at radius 1 is 0.719 bits per heavy atom. The van der Waals surface area contributed by atoms with Crippen LogP contribution < -0.4 is 4.74 Å². The van der Waals surface area contributed by atoms with Crippen LogP contribution in [0.5, 0.6) is 5.75 Å². The minimum absolute atomic E-state index is 0.838. The van der Waals surface area contributed by atoms with Crippen molar-refractivity contribution in [1.29, 1.82) is 0 Å². The summed E-state index contributed by atoms with van der Waals surface area (Å²) in [6, 6.07) is 22.9. The van der Waals surface area contributed by atoms with Crippen LogP contribution in [0.3, 0.4) is 0 Å². The third-order valence-electron chi connectivity index (χ3n) is 5.48. The van der Waals surface area contributed by atoms with E-state index in [1.54, 1.807) is 18.4 Å². The van der Waals surface area contributed by atoms with Gasteiger partial charge in [-0.1, -0.05) is 12.1 Å². The number of methoxy groups -OCH3 is 1. The molecule has 4 aromatic rings. The maximum absolute atomic E-state index is 5.35. The average molecular weight is 434 g/mol. The van der Waals surface area contributed by atoms with Gasteiger partial charge in [0.05, 0.1) is 29.9 Å². The molecule has 4 nitrogen and oxygen atoms in total. The smallest absolute Gasteiger partial charge is 0.118 e. The highest BCUT2D eigenvalue weighted by molar-refractivity contribution is 7.23. The first kappa shape index (κ1) is 18.8. The van der Waals surface area contributed by atoms with Crippen LogP contribution in [0.1, 0.15) is 22.8 Å². The summed E-state index contributed by atoms with van der Waals surface area (Å²) >= 11 is 1.76. The lowest BCUT2D eigenvalue weighted by atomic mass is 10.0. The summed E-state index contributed by atoms with van der Waals surface area (Å²) in [5, 5.41) is 0. The van der Waals surface area contributed by atoms with E-state index >= 15 is 0 Å². The Morgan fingerprint density at radius 3 is 2.25 bits per heavy atom. The van der Waals surface area contributed by atoms with E-state index in [0.717, 1.165) is 50.7 Å². The molecule has 154 valence electrons. The molecule has 2 aliphatic heterocycles. The zero-order valence-corrected chi connectivity index (χ0v) is 18.2. The van der Waals surface area contributed by atoms with Gasteiger partial charge in [0.2, 0.25) is 0 Å². The fourth-order valence-electron chi connectivity index (χ4n) is 3.95. The van der Waals surface area contributed by atoms with Crippen LogP contribution in [0.4, 0.5) is 0 Å². The minimum atomic E-state index is 0.838. The largest absolute Gasteiger partial charge is 0.497 e. The lowest BCUT2D eigenvalue weighted by Crippen LogP contribution is -1.85. The van der Waals surface area contributed by atoms with Crippen molar-refractivity contribution in [1.82, 2.24) is 15.0 Å². The monoisotopic (exact) mass is 433 g/mol. The first-order valence-corrected chi connectivity index (χ1v) is 11.2. The number of ether oxygens (including phenoxy) is 1. The van der Waals surface area contributed by atoms with Crippen LogP contribution in [0.25, 0.3) is 55.9 Å². The molecule has 32 heavy (non-hydrogen) atoms. The summed E-state index contributed by atoms with van der Waals surface area (Å²) in [4.78, 5) is 13.1. The van der Waals surface area contributed by atoms with Gasteiger partial charge in [0.25, 0.3) is 0 Å². The predicted molar refractivity (Wildman–Crippen MR) is 134 cm³/mol. The molecule has 0 radical (unpaired) electrons. The van der Waals surface area contributed by atoms with Crippen molar-refractivity contribution in [3.05, 3.63) is 89.5 Å². The molecule has 8 bridgehead atoms. The normalized spacial score (nSPS) is 12.3. The molecule has 6 rings (SSSR count). The van der Waals surface area contributed by atoms with Crippen LogP contribution in [-0.4, -0.2) is 22.1 Å². The average Bonchev–Trinajstić information content (AvgIpc) is 3.60. The molecule has 1 aromatic carbocycles. The molecule has 0 aliphatic carbocycles. The highest BCUT2D eigenvalue weighted by atomic mass is 32.1. The van der Waals surface area contributed by atoms with Crippen molar-refractivity contribution in [3.63, 3.8) is 0 Å². The number of nitrogens with zero attached hydrogens (tertiary/aromatic N) is 2. The second-order valence-corrected chi connectivity index (χ2v) is 8.77. The standard InChI is InChI=1S/C27H19N3OS/c1-31-23-9-2-17(3-10-23)27-25-12-8-21(30-25)15-20-5-4-18(28-20)14-19-6-7-22(29-19)16-24-11-13-26(27)32-24/h2-16,29H,1H3. The maximum atomic E-state index is 5.35. The van der Waals surface area contributed by atoms with Gasteiger partial charge in [-0.15, -0.1) is 11.3 Å². The lowest BCUT2D eigenvalue weighted by Gasteiger charge is -2.05. The number of H-pyrrole nitrogens is 1. The Bertz CT molecular complexity index is 1560. The maximum Gasteiger partial charge on any atom is 0.118 e. The molecule has 0 unspecified atom stereocenters. The molecule has 1 N–H and O–H groups in total. The van der Waals surface area contributed by atoms with Crippen molar-refractivity contribution in [3.8, 4) is 16.9 Å². The predicted octanol–water partition coefficient (Wildman–Crippen LogP) is 7.06. The van der Waals surface area contributed by atoms with E-state index in [4.69, 9.17) is 14.7 Å². The van der Waals surface area contributed by atoms with E-state index in [1.807, 2.05) is 36.4 Å². The third kappa shape index (κ3) is 3.53. The molecule has 0 amide bonds. The van der Waals surface area contributed by atoms with Gasteiger partial charge in [-0.05, 0) is 84.5 Å². The Hall–Kier alpha value is -3.96. The molecule has 0 spiro atoms. The van der Waals surface area contributed by atoms with Gasteiger partial charge in [0.15, 0.2) is 0 Å². The number of hydrogen-bond donors (Lipinski definition) is 1. The van der Waals surface area contributed by atoms with E-state index in [2.05, 4.69) is 59.6 Å². The quantitative estimate of drug-likeness (QED) is 0.318. The molecule has 0 atom stereocenters. The SMILES string of the molecule is COc1ccc(-c2c3nc(cc4nc(cc5ccc(cc6ccc2s6)[nH]5)C=C4)C=C3)cc1. The molecule has 2 aliphatic rings. The summed E-state index contributed by atoms with van der Waals surface area (Å²) in [7, 11) is 1.68. The Balaban J connectivity index is 1.68. The first-order chi connectivity index (χ1) is 15.7. The second-order valence-electron chi connectivity index (χ2n) is 7.66. The van der Waals surface area contributed by atoms with Crippen LogP contribution in [0.15, 0.2) is 66.7 Å². The topological polar surface area (TPSA) is 50.8 Å². The van der Waals surface area contributed by atoms with Gasteiger partial charge in [-0.2, -0.15) is 0 Å². The van der Waals surface area contributed by atoms with Crippen molar-refractivity contribution in [2.45, 2.75) is 0 Å². The summed E-state index contributed by atoms with van der Waals surface area (Å²) in [6.45, 7) is 0. The molecule has 5 heteroatoms. The summed E-state index contributed by atoms with van der Waals surface area (Å²) in [5.74, 6) is 0.838. The van der Waals surface area contributed by atoms with Crippen molar-refractivity contribution < 1.29 is 4.74 Å². The zero-order valence-electron chi connectivity index (χ0n) is 17.4. The van der Waals surface area contributed by atoms with E-state index in [0.29, 0.717) is 0 Å². The Morgan fingerprint density at radius 2 is 1.44 bits per heavy atom. The number of thiophene rings is 1. The van der Waals surface area contributed by atoms with Crippen LogP contribution in [0, 0.1) is 0 Å². The third-order valence-corrected chi connectivity index (χ3v) is 6.53. The van der Waals surface area contributed by atoms with Gasteiger partial charge in [-0.3, -0.25) is 0 Å². The van der Waals surface area contributed by atoms with E-state index in [-0.39, 0.29) is 0 Å². The number of benzene rings is 1. The number of rotatable bonds is 2. The Kier molecular flexibility index (Phi) is 4.47. The molecular weight excluding hydrogens is 414 g/mol. The second kappa shape index (κ2) is 7.62. The van der Waals surface area contributed by atoms with Crippen molar-refractivity contribution in [2.24, 2.45) is 0 Å². The van der Waals surface area contributed by atoms with Gasteiger partial charge in [0.1, 0.15) is 5.75 Å². The van der Waals surface area contributed by atoms with E-state index in [9.17, 15) is 0 Å².